The fourth-order valence-corrected chi connectivity index (χ4v) is 10.6. The van der Waals surface area contributed by atoms with Crippen molar-refractivity contribution in [1.29, 1.82) is 0 Å². The topological polar surface area (TPSA) is 639 Å². The first-order chi connectivity index (χ1) is 45.4. The zero-order valence-electron chi connectivity index (χ0n) is 54.2. The standard InChI is InChI=1S/C56H90N14O27/c1-21(2)37(67-35(78)16-60-46(84)28(57)12-27-15-59-20-61-27)51(89)68-38(23(4)73)52(90)66-30(17-71)48(86)62-22(3)53(91)70-11-9-10-31(70)49(87)65-29(13-36(79)80)47(85)69-39(50(88)58-8)24(5)95-54-41(64-26(7)75)44(83)43(82)34(96-54)19-94-56(55(92)93)14-32(76)40(63-25(6)74)45(97-56)42(81)33(77)18-72/h15,20-24,28-34,37-45,54,71-73,76-77,81-83H,9-14,16-19,57H2,1-8H3,(H,58,88)(H,59,61)(H,60,84)(H,62,86)(H,63,74)(H,64,75)(H,65,87)(H,66,90)(H,67,78)(H,68,89)(H,69,85)(H,79,80)(H,92,93)/t22-,23?,24?,28-,29-,30-,31-,32+,33+,34?,37-,38-,39-,40+,41?,42+,43-,44+,45?,54-,56+/m0/s1. The average Bonchev–Trinajstić information content (AvgIpc) is 1.76. The van der Waals surface area contributed by atoms with Gasteiger partial charge >= 0.3 is 11.9 Å². The maximum atomic E-state index is 14.1. The second-order valence-electron chi connectivity index (χ2n) is 23.8. The number of hydrogen-bond donors (Lipinski definition) is 22. The Morgan fingerprint density at radius 3 is 1.94 bits per heavy atom. The molecule has 11 amide bonds. The van der Waals surface area contributed by atoms with E-state index in [1.165, 1.54) is 19.4 Å². The predicted molar refractivity (Wildman–Crippen MR) is 323 cm³/mol. The van der Waals surface area contributed by atoms with E-state index in [1.54, 1.807) is 13.8 Å². The molecule has 0 aromatic carbocycles. The highest BCUT2D eigenvalue weighted by Gasteiger charge is 2.57. The van der Waals surface area contributed by atoms with Crippen molar-refractivity contribution in [1.82, 2.24) is 68.0 Å². The average molecular weight is 1390 g/mol. The fraction of sp³-hybridized carbons (Fsp3) is 0.714. The molecule has 23 N–H and O–H groups in total. The normalized spacial score (nSPS) is 25.8. The summed E-state index contributed by atoms with van der Waals surface area (Å²) in [5.74, 6) is -18.2. The fourth-order valence-electron chi connectivity index (χ4n) is 10.6. The number of carboxylic acids is 2. The molecule has 1 aromatic rings. The van der Waals surface area contributed by atoms with Crippen molar-refractivity contribution in [3.05, 3.63) is 18.2 Å². The van der Waals surface area contributed by atoms with E-state index in [4.69, 9.17) is 24.7 Å². The number of nitrogens with one attached hydrogen (secondary N) is 11. The van der Waals surface area contributed by atoms with Gasteiger partial charge in [0.25, 0.3) is 5.79 Å². The van der Waals surface area contributed by atoms with Crippen LogP contribution < -0.4 is 58.9 Å². The number of carboxylic acid groups (broad SMARTS) is 2. The van der Waals surface area contributed by atoms with Gasteiger partial charge in [-0.15, -0.1) is 0 Å². The highest BCUT2D eigenvalue weighted by molar-refractivity contribution is 5.99. The summed E-state index contributed by atoms with van der Waals surface area (Å²) >= 11 is 0. The third-order valence-electron chi connectivity index (χ3n) is 15.9. The minimum Gasteiger partial charge on any atom is -0.481 e. The number of aromatic amines is 1. The first kappa shape index (κ1) is 81.2. The Kier molecular flexibility index (Phi) is 30.9. The molecule has 41 nitrogen and oxygen atoms in total. The minimum absolute atomic E-state index is 0.0740. The minimum atomic E-state index is -2.99. The first-order valence-corrected chi connectivity index (χ1v) is 30.7. The maximum absolute atomic E-state index is 14.1. The molecule has 0 radical (unpaired) electrons. The van der Waals surface area contributed by atoms with Crippen molar-refractivity contribution in [3.63, 3.8) is 0 Å². The summed E-state index contributed by atoms with van der Waals surface area (Å²) < 4.78 is 23.1. The molecule has 3 aliphatic rings. The Morgan fingerprint density at radius 2 is 1.38 bits per heavy atom. The lowest BCUT2D eigenvalue weighted by atomic mass is 9.88. The highest BCUT2D eigenvalue weighted by Crippen LogP contribution is 2.35. The van der Waals surface area contributed by atoms with E-state index in [2.05, 4.69) is 63.1 Å². The van der Waals surface area contributed by atoms with Gasteiger partial charge in [0.15, 0.2) is 6.29 Å². The molecule has 4 rings (SSSR count). The Balaban J connectivity index is 1.44. The molecule has 3 fully saturated rings. The Hall–Kier alpha value is -8.20. The monoisotopic (exact) mass is 1390 g/mol. The quantitative estimate of drug-likeness (QED) is 0.0300. The van der Waals surface area contributed by atoms with Gasteiger partial charge in [-0.1, -0.05) is 13.8 Å². The molecule has 41 heteroatoms. The summed E-state index contributed by atoms with van der Waals surface area (Å²) in [5.41, 5.74) is 6.47. The van der Waals surface area contributed by atoms with Crippen molar-refractivity contribution in [3.8, 4) is 0 Å². The van der Waals surface area contributed by atoms with Crippen molar-refractivity contribution in [2.24, 2.45) is 11.7 Å². The number of likely N-dealkylation sites (tertiary alicyclic amines) is 1. The zero-order valence-corrected chi connectivity index (χ0v) is 54.2. The van der Waals surface area contributed by atoms with Crippen LogP contribution in [0.25, 0.3) is 0 Å². The van der Waals surface area contributed by atoms with E-state index in [0.717, 1.165) is 39.6 Å². The number of amides is 11. The lowest BCUT2D eigenvalue weighted by Gasteiger charge is -2.48. The van der Waals surface area contributed by atoms with Crippen LogP contribution in [0, 0.1) is 5.92 Å². The third-order valence-corrected chi connectivity index (χ3v) is 15.9. The molecule has 1 aromatic heterocycles. The van der Waals surface area contributed by atoms with Crippen LogP contribution in [0.15, 0.2) is 12.5 Å². The predicted octanol–water partition coefficient (Wildman–Crippen LogP) is -11.9. The van der Waals surface area contributed by atoms with Crippen LogP contribution in [0.3, 0.4) is 0 Å². The summed E-state index contributed by atoms with van der Waals surface area (Å²) in [6.07, 6.45) is -18.6. The summed E-state index contributed by atoms with van der Waals surface area (Å²) in [4.78, 5) is 179. The number of aliphatic carboxylic acids is 2. The number of nitrogens with zero attached hydrogens (tertiary/aromatic N) is 2. The Bertz CT molecular complexity index is 2930. The van der Waals surface area contributed by atoms with Crippen molar-refractivity contribution >= 4 is 76.9 Å². The molecule has 3 saturated heterocycles. The summed E-state index contributed by atoms with van der Waals surface area (Å²) in [7, 11) is 1.11. The van der Waals surface area contributed by atoms with E-state index < -0.39 is 249 Å². The van der Waals surface area contributed by atoms with E-state index in [9.17, 15) is 113 Å². The number of aliphatic hydroxyl groups excluding tert-OH is 8. The van der Waals surface area contributed by atoms with Gasteiger partial charge in [-0.2, -0.15) is 0 Å². The number of aliphatic hydroxyl groups is 8. The number of ether oxygens (including phenoxy) is 4. The third kappa shape index (κ3) is 22.4. The molecular formula is C56H90N14O27. The number of imidazole rings is 1. The smallest absolute Gasteiger partial charge is 0.364 e. The molecule has 97 heavy (non-hydrogen) atoms. The molecule has 0 spiro atoms. The van der Waals surface area contributed by atoms with Crippen LogP contribution in [0.5, 0.6) is 0 Å². The maximum Gasteiger partial charge on any atom is 0.364 e. The van der Waals surface area contributed by atoms with Gasteiger partial charge in [0.05, 0.1) is 69.5 Å². The Morgan fingerprint density at radius 1 is 0.763 bits per heavy atom. The molecule has 5 unspecified atom stereocenters. The van der Waals surface area contributed by atoms with Crippen molar-refractivity contribution < 1.29 is 132 Å². The number of aromatic nitrogens is 2. The number of H-pyrrole nitrogens is 1. The molecule has 0 aliphatic carbocycles. The van der Waals surface area contributed by atoms with Gasteiger partial charge in [0.2, 0.25) is 65.0 Å². The van der Waals surface area contributed by atoms with Gasteiger partial charge in [-0.05, 0) is 39.5 Å². The van der Waals surface area contributed by atoms with Crippen LogP contribution >= 0.6 is 0 Å². The number of carbonyl (C=O) groups is 13. The molecule has 3 aliphatic heterocycles. The Labute approximate surface area is 553 Å². The van der Waals surface area contributed by atoms with Gasteiger partial charge in [0, 0.05) is 52.2 Å². The van der Waals surface area contributed by atoms with Crippen molar-refractivity contribution in [2.75, 3.05) is 40.0 Å². The van der Waals surface area contributed by atoms with Crippen molar-refractivity contribution in [2.45, 2.75) is 208 Å². The lowest BCUT2D eigenvalue weighted by molar-refractivity contribution is -0.332. The second-order valence-corrected chi connectivity index (χ2v) is 23.8. The largest absolute Gasteiger partial charge is 0.481 e. The molecular weight excluding hydrogens is 1300 g/mol. The van der Waals surface area contributed by atoms with Crippen LogP contribution in [0.4, 0.5) is 0 Å². The molecule has 4 heterocycles. The van der Waals surface area contributed by atoms with Gasteiger partial charge < -0.3 is 139 Å². The van der Waals surface area contributed by atoms with Crippen LogP contribution in [-0.2, 0) is 87.7 Å². The molecule has 0 saturated carbocycles. The molecule has 0 bridgehead atoms. The zero-order chi connectivity index (χ0) is 73.1. The second kappa shape index (κ2) is 37.0. The summed E-state index contributed by atoms with van der Waals surface area (Å²) in [6, 6.07) is -16.3. The van der Waals surface area contributed by atoms with Crippen LogP contribution in [-0.4, -0.2) is 310 Å². The first-order valence-electron chi connectivity index (χ1n) is 30.7. The van der Waals surface area contributed by atoms with Gasteiger partial charge in [-0.25, -0.2) is 9.78 Å². The van der Waals surface area contributed by atoms with E-state index in [-0.39, 0.29) is 25.8 Å². The highest BCUT2D eigenvalue weighted by atomic mass is 16.7. The van der Waals surface area contributed by atoms with Gasteiger partial charge in [0.1, 0.15) is 85.0 Å². The van der Waals surface area contributed by atoms with Crippen LogP contribution in [0.2, 0.25) is 0 Å². The summed E-state index contributed by atoms with van der Waals surface area (Å²) in [5, 5.41) is 128. The van der Waals surface area contributed by atoms with E-state index in [1.807, 2.05) is 0 Å². The number of nitrogens with two attached hydrogens (primary N) is 1. The van der Waals surface area contributed by atoms with Gasteiger partial charge in [-0.3, -0.25) is 57.5 Å². The lowest BCUT2D eigenvalue weighted by Crippen LogP contribution is -2.69. The van der Waals surface area contributed by atoms with E-state index >= 15 is 0 Å². The summed E-state index contributed by atoms with van der Waals surface area (Å²) in [6.45, 7) is 4.48. The number of hydrogen-bond acceptors (Lipinski definition) is 27. The SMILES string of the molecule is CNC(=O)[C@@H](NC(=O)[C@H](CC(=O)O)NC(=O)[C@@H]1CCCN1C(=O)[C@H](C)NC(=O)[C@H](CO)NC(=O)[C@@H](NC(=O)[C@@H](NC(=O)CNC(=O)[C@@H](N)Cc1cnc[nH]1)C(C)C)C(C)O)C(C)O[C@H]1OC(CO[C@]2(C(=O)O)C[C@@H](O)[C@@H](NC(C)=O)C([C@H](O)[C@H](O)CO)O2)[C@H](O)[C@H](O)C1NC(C)=O. The molecule has 21 atom stereocenters. The number of rotatable bonds is 35. The number of carbonyl (C=O) groups excluding carboxylic acids is 11. The van der Waals surface area contributed by atoms with Crippen LogP contribution in [0.1, 0.15) is 79.8 Å². The number of likely N-dealkylation sites (N-methyl/N-ethyl adjacent to an activating group) is 1. The van der Waals surface area contributed by atoms with E-state index in [0.29, 0.717) is 5.69 Å². The molecule has 546 valence electrons.